The van der Waals surface area contributed by atoms with Gasteiger partial charge in [-0.05, 0) is 38.5 Å². The summed E-state index contributed by atoms with van der Waals surface area (Å²) in [6.45, 7) is 5.23. The molecule has 0 fully saturated rings. The van der Waals surface area contributed by atoms with Gasteiger partial charge in [-0.15, -0.1) is 0 Å². The van der Waals surface area contributed by atoms with Gasteiger partial charge < -0.3 is 10.2 Å². The monoisotopic (exact) mass is 224 g/mol. The van der Waals surface area contributed by atoms with Gasteiger partial charge in [0.1, 0.15) is 5.82 Å². The Morgan fingerprint density at radius 2 is 2.12 bits per heavy atom. The summed E-state index contributed by atoms with van der Waals surface area (Å²) in [6.07, 6.45) is 0.429. The number of aliphatic hydroxyl groups is 1. The van der Waals surface area contributed by atoms with Gasteiger partial charge in [0.2, 0.25) is 0 Å². The number of anilines is 1. The second kappa shape index (κ2) is 4.49. The molecule has 1 aromatic heterocycles. The average Bonchev–Trinajstić information content (AvgIpc) is 2.15. The molecule has 0 saturated carbocycles. The summed E-state index contributed by atoms with van der Waals surface area (Å²) in [5.41, 5.74) is 0.0629. The molecule has 5 heteroatoms. The molecule has 16 heavy (non-hydrogen) atoms. The van der Waals surface area contributed by atoms with E-state index in [1.54, 1.807) is 32.9 Å². The van der Waals surface area contributed by atoms with Crippen LogP contribution in [0.25, 0.3) is 0 Å². The molecule has 0 atom stereocenters. The molecule has 0 aliphatic rings. The summed E-state index contributed by atoms with van der Waals surface area (Å²) in [5, 5.41) is 18.1. The fourth-order valence-electron chi connectivity index (χ4n) is 1.41. The van der Waals surface area contributed by atoms with Crippen LogP contribution in [0.4, 0.5) is 10.6 Å². The van der Waals surface area contributed by atoms with Crippen LogP contribution in [0, 0.1) is 0 Å². The van der Waals surface area contributed by atoms with Crippen molar-refractivity contribution in [2.75, 3.05) is 4.90 Å². The molecule has 1 aromatic rings. The van der Waals surface area contributed by atoms with E-state index in [2.05, 4.69) is 4.98 Å². The van der Waals surface area contributed by atoms with Gasteiger partial charge in [-0.25, -0.2) is 9.78 Å². The van der Waals surface area contributed by atoms with Crippen LogP contribution in [-0.2, 0) is 6.61 Å². The molecular formula is C11H16N2O3. The van der Waals surface area contributed by atoms with Gasteiger partial charge in [0.15, 0.2) is 0 Å². The number of carboxylic acid groups (broad SMARTS) is 1. The Morgan fingerprint density at radius 1 is 1.50 bits per heavy atom. The van der Waals surface area contributed by atoms with E-state index in [1.165, 1.54) is 11.1 Å². The molecular weight excluding hydrogens is 208 g/mol. The topological polar surface area (TPSA) is 73.7 Å². The van der Waals surface area contributed by atoms with E-state index >= 15 is 0 Å². The van der Waals surface area contributed by atoms with Crippen LogP contribution in [0.2, 0.25) is 0 Å². The zero-order valence-electron chi connectivity index (χ0n) is 9.64. The number of rotatable bonds is 2. The van der Waals surface area contributed by atoms with Crippen molar-refractivity contribution < 1.29 is 15.0 Å². The second-order valence-corrected chi connectivity index (χ2v) is 4.47. The van der Waals surface area contributed by atoms with Crippen LogP contribution >= 0.6 is 0 Å². The van der Waals surface area contributed by atoms with E-state index in [4.69, 9.17) is 10.2 Å². The lowest BCUT2D eigenvalue weighted by molar-refractivity contribution is 0.195. The maximum atomic E-state index is 11.2. The minimum atomic E-state index is -1.06. The molecule has 0 aromatic carbocycles. The van der Waals surface area contributed by atoms with Crippen LogP contribution in [0.15, 0.2) is 18.3 Å². The first-order chi connectivity index (χ1) is 7.36. The maximum absolute atomic E-state index is 11.2. The molecule has 2 N–H and O–H groups in total. The summed E-state index contributed by atoms with van der Waals surface area (Å²) in [6, 6.07) is 3.21. The molecule has 0 bridgehead atoms. The average molecular weight is 224 g/mol. The van der Waals surface area contributed by atoms with Crippen LogP contribution in [0.3, 0.4) is 0 Å². The lowest BCUT2D eigenvalue weighted by Crippen LogP contribution is -2.45. The number of aliphatic hydroxyl groups excluding tert-OH is 1. The normalized spacial score (nSPS) is 11.2. The SMILES string of the molecule is CC(C)(C)N(C(=O)O)c1cc(CO)ccn1. The first-order valence-corrected chi connectivity index (χ1v) is 4.95. The van der Waals surface area contributed by atoms with Gasteiger partial charge in [-0.1, -0.05) is 0 Å². The fraction of sp³-hybridized carbons (Fsp3) is 0.455. The second-order valence-electron chi connectivity index (χ2n) is 4.47. The zero-order valence-corrected chi connectivity index (χ0v) is 9.64. The summed E-state index contributed by atoms with van der Waals surface area (Å²) in [7, 11) is 0. The Kier molecular flexibility index (Phi) is 3.49. The van der Waals surface area contributed by atoms with E-state index in [9.17, 15) is 4.79 Å². The van der Waals surface area contributed by atoms with Crippen molar-refractivity contribution in [2.45, 2.75) is 32.9 Å². The molecule has 88 valence electrons. The van der Waals surface area contributed by atoms with E-state index in [-0.39, 0.29) is 6.61 Å². The summed E-state index contributed by atoms with van der Waals surface area (Å²) < 4.78 is 0. The van der Waals surface area contributed by atoms with Gasteiger partial charge in [0.25, 0.3) is 0 Å². The molecule has 0 aliphatic heterocycles. The third-order valence-electron chi connectivity index (χ3n) is 2.08. The molecule has 0 saturated heterocycles. The van der Waals surface area contributed by atoms with Gasteiger partial charge in [-0.2, -0.15) is 0 Å². The first-order valence-electron chi connectivity index (χ1n) is 4.95. The highest BCUT2D eigenvalue weighted by atomic mass is 16.4. The van der Waals surface area contributed by atoms with Crippen LogP contribution in [0.1, 0.15) is 26.3 Å². The Labute approximate surface area is 94.4 Å². The number of hydrogen-bond acceptors (Lipinski definition) is 3. The molecule has 0 radical (unpaired) electrons. The van der Waals surface area contributed by atoms with Crippen molar-refractivity contribution in [3.05, 3.63) is 23.9 Å². The predicted octanol–water partition coefficient (Wildman–Crippen LogP) is 1.86. The Hall–Kier alpha value is -1.62. The van der Waals surface area contributed by atoms with Crippen molar-refractivity contribution in [2.24, 2.45) is 0 Å². The number of pyridine rings is 1. The number of amides is 1. The first kappa shape index (κ1) is 12.4. The summed E-state index contributed by atoms with van der Waals surface area (Å²) in [5.74, 6) is 0.326. The highest BCUT2D eigenvalue weighted by Gasteiger charge is 2.28. The Bertz CT molecular complexity index is 385. The van der Waals surface area contributed by atoms with E-state index < -0.39 is 11.6 Å². The molecule has 5 nitrogen and oxygen atoms in total. The highest BCUT2D eigenvalue weighted by Crippen LogP contribution is 2.22. The van der Waals surface area contributed by atoms with E-state index in [0.29, 0.717) is 11.4 Å². The quantitative estimate of drug-likeness (QED) is 0.804. The maximum Gasteiger partial charge on any atom is 0.413 e. The minimum Gasteiger partial charge on any atom is -0.465 e. The third-order valence-corrected chi connectivity index (χ3v) is 2.08. The fourth-order valence-corrected chi connectivity index (χ4v) is 1.41. The van der Waals surface area contributed by atoms with Crippen LogP contribution in [-0.4, -0.2) is 26.8 Å². The minimum absolute atomic E-state index is 0.132. The summed E-state index contributed by atoms with van der Waals surface area (Å²) >= 11 is 0. The molecule has 0 spiro atoms. The zero-order chi connectivity index (χ0) is 12.3. The van der Waals surface area contributed by atoms with Gasteiger partial charge >= 0.3 is 6.09 Å². The number of nitrogens with zero attached hydrogens (tertiary/aromatic N) is 2. The van der Waals surface area contributed by atoms with E-state index in [1.807, 2.05) is 0 Å². The molecule has 1 heterocycles. The summed E-state index contributed by atoms with van der Waals surface area (Å²) in [4.78, 5) is 16.4. The number of carbonyl (C=O) groups is 1. The van der Waals surface area contributed by atoms with Crippen LogP contribution in [0.5, 0.6) is 0 Å². The lowest BCUT2D eigenvalue weighted by atomic mass is 10.1. The largest absolute Gasteiger partial charge is 0.465 e. The van der Waals surface area contributed by atoms with Crippen molar-refractivity contribution in [3.8, 4) is 0 Å². The molecule has 1 rings (SSSR count). The van der Waals surface area contributed by atoms with Gasteiger partial charge in [0.05, 0.1) is 6.61 Å². The number of hydrogen-bond donors (Lipinski definition) is 2. The van der Waals surface area contributed by atoms with Crippen molar-refractivity contribution in [1.82, 2.24) is 4.98 Å². The van der Waals surface area contributed by atoms with Crippen molar-refractivity contribution in [1.29, 1.82) is 0 Å². The molecule has 0 unspecified atom stereocenters. The van der Waals surface area contributed by atoms with Crippen molar-refractivity contribution in [3.63, 3.8) is 0 Å². The molecule has 0 aliphatic carbocycles. The van der Waals surface area contributed by atoms with Crippen molar-refractivity contribution >= 4 is 11.9 Å². The standard InChI is InChI=1S/C11H16N2O3/c1-11(2,3)13(10(15)16)9-6-8(7-14)4-5-12-9/h4-6,14H,7H2,1-3H3,(H,15,16). The molecule has 1 amide bonds. The van der Waals surface area contributed by atoms with Gasteiger partial charge in [-0.3, -0.25) is 4.90 Å². The predicted molar refractivity (Wildman–Crippen MR) is 60.4 cm³/mol. The Balaban J connectivity index is 3.16. The third kappa shape index (κ3) is 2.70. The van der Waals surface area contributed by atoms with Gasteiger partial charge in [0, 0.05) is 11.7 Å². The van der Waals surface area contributed by atoms with E-state index in [0.717, 1.165) is 0 Å². The Morgan fingerprint density at radius 3 is 2.56 bits per heavy atom. The lowest BCUT2D eigenvalue weighted by Gasteiger charge is -2.32. The number of aromatic nitrogens is 1. The van der Waals surface area contributed by atoms with Crippen LogP contribution < -0.4 is 4.90 Å². The highest BCUT2D eigenvalue weighted by molar-refractivity contribution is 5.86. The smallest absolute Gasteiger partial charge is 0.413 e.